The van der Waals surface area contributed by atoms with Crippen LogP contribution in [0.2, 0.25) is 0 Å². The summed E-state index contributed by atoms with van der Waals surface area (Å²) in [7, 11) is 0. The SMILES string of the molecule is CC/C=C\C/C=C\C/C=C\CCCCCCOCC(COC(=O)CCCCCCCCC/C=C\C/C=C\CCCCC)OC(=O)CCCCCCCCCCC. The third-order valence-electron chi connectivity index (χ3n) is 10.0. The molecule has 0 aromatic carbocycles. The van der Waals surface area contributed by atoms with Gasteiger partial charge >= 0.3 is 11.9 Å². The molecule has 1 atom stereocenters. The first-order valence-corrected chi connectivity index (χ1v) is 23.8. The van der Waals surface area contributed by atoms with Crippen molar-refractivity contribution in [2.45, 2.75) is 232 Å². The van der Waals surface area contributed by atoms with Crippen molar-refractivity contribution in [1.82, 2.24) is 0 Å². The molecule has 1 unspecified atom stereocenters. The van der Waals surface area contributed by atoms with E-state index < -0.39 is 6.10 Å². The summed E-state index contributed by atoms with van der Waals surface area (Å²) in [6.07, 6.45) is 57.9. The van der Waals surface area contributed by atoms with Gasteiger partial charge < -0.3 is 14.2 Å². The van der Waals surface area contributed by atoms with Crippen LogP contribution in [-0.4, -0.2) is 37.9 Å². The minimum Gasteiger partial charge on any atom is -0.462 e. The highest BCUT2D eigenvalue weighted by atomic mass is 16.6. The number of rotatable bonds is 43. The number of hydrogen-bond donors (Lipinski definition) is 0. The zero-order valence-corrected chi connectivity index (χ0v) is 37.1. The van der Waals surface area contributed by atoms with Gasteiger partial charge in [0, 0.05) is 19.4 Å². The van der Waals surface area contributed by atoms with E-state index in [1.165, 1.54) is 116 Å². The summed E-state index contributed by atoms with van der Waals surface area (Å²) in [5, 5.41) is 0. The van der Waals surface area contributed by atoms with Gasteiger partial charge in [-0.2, -0.15) is 0 Å². The van der Waals surface area contributed by atoms with Crippen LogP contribution < -0.4 is 0 Å². The van der Waals surface area contributed by atoms with Crippen LogP contribution in [0.3, 0.4) is 0 Å². The molecule has 0 rings (SSSR count). The average Bonchev–Trinajstić information content (AvgIpc) is 3.20. The largest absolute Gasteiger partial charge is 0.462 e. The molecule has 0 heterocycles. The van der Waals surface area contributed by atoms with Gasteiger partial charge in [-0.1, -0.05) is 191 Å². The van der Waals surface area contributed by atoms with E-state index in [2.05, 4.69) is 81.5 Å². The Bertz CT molecular complexity index is 977. The highest BCUT2D eigenvalue weighted by molar-refractivity contribution is 5.70. The van der Waals surface area contributed by atoms with Crippen LogP contribution in [0.1, 0.15) is 226 Å². The Morgan fingerprint density at radius 2 is 0.804 bits per heavy atom. The minimum absolute atomic E-state index is 0.0724. The smallest absolute Gasteiger partial charge is 0.306 e. The quantitative estimate of drug-likeness (QED) is 0.0350. The Labute approximate surface area is 347 Å². The second-order valence-electron chi connectivity index (χ2n) is 15.6. The highest BCUT2D eigenvalue weighted by Gasteiger charge is 2.17. The first-order chi connectivity index (χ1) is 27.6. The molecule has 324 valence electrons. The molecule has 0 fully saturated rings. The van der Waals surface area contributed by atoms with Crippen LogP contribution in [0.25, 0.3) is 0 Å². The molecule has 0 saturated carbocycles. The summed E-state index contributed by atoms with van der Waals surface area (Å²) in [6, 6.07) is 0. The maximum atomic E-state index is 12.7. The summed E-state index contributed by atoms with van der Waals surface area (Å²) in [6.45, 7) is 7.63. The standard InChI is InChI=1S/C51H90O5/c1-4-7-10-13-16-19-21-23-25-26-27-28-30-33-35-38-41-44-50(52)55-48-49(56-51(53)45-42-39-36-32-18-15-12-9-6-3)47-54-46-43-40-37-34-31-29-24-22-20-17-14-11-8-5-2/h8,11,16-17,19-20,23-25,29,49H,4-7,9-10,12-15,18,21-22,26-28,30-48H2,1-3H3/b11-8-,19-16-,20-17-,25-23-,29-24-. The molecule has 0 aliphatic rings. The molecule has 0 bridgehead atoms. The Hall–Kier alpha value is -2.40. The van der Waals surface area contributed by atoms with Crippen molar-refractivity contribution in [2.24, 2.45) is 0 Å². The van der Waals surface area contributed by atoms with Crippen molar-refractivity contribution in [3.63, 3.8) is 0 Å². The number of esters is 2. The fraction of sp³-hybridized carbons (Fsp3) is 0.765. The summed E-state index contributed by atoms with van der Waals surface area (Å²) < 4.78 is 17.3. The molecular weight excluding hydrogens is 693 g/mol. The lowest BCUT2D eigenvalue weighted by Gasteiger charge is -2.18. The minimum atomic E-state index is -0.547. The maximum absolute atomic E-state index is 12.7. The van der Waals surface area contributed by atoms with Crippen molar-refractivity contribution in [3.8, 4) is 0 Å². The van der Waals surface area contributed by atoms with Gasteiger partial charge in [0.05, 0.1) is 6.61 Å². The van der Waals surface area contributed by atoms with Crippen molar-refractivity contribution < 1.29 is 23.8 Å². The molecule has 0 aliphatic carbocycles. The lowest BCUT2D eigenvalue weighted by Crippen LogP contribution is -2.30. The Balaban J connectivity index is 4.24. The van der Waals surface area contributed by atoms with E-state index in [1.54, 1.807) is 0 Å². The summed E-state index contributed by atoms with van der Waals surface area (Å²) in [5.41, 5.74) is 0. The maximum Gasteiger partial charge on any atom is 0.306 e. The van der Waals surface area contributed by atoms with Gasteiger partial charge in [0.2, 0.25) is 0 Å². The number of carbonyl (C=O) groups is 2. The first kappa shape index (κ1) is 53.6. The predicted molar refractivity (Wildman–Crippen MR) is 242 cm³/mol. The normalized spacial score (nSPS) is 12.7. The molecule has 0 radical (unpaired) electrons. The Kier molecular flexibility index (Phi) is 45.0. The first-order valence-electron chi connectivity index (χ1n) is 23.8. The molecule has 5 nitrogen and oxygen atoms in total. The van der Waals surface area contributed by atoms with Crippen LogP contribution in [0.15, 0.2) is 60.8 Å². The van der Waals surface area contributed by atoms with E-state index in [4.69, 9.17) is 14.2 Å². The number of hydrogen-bond acceptors (Lipinski definition) is 5. The molecule has 5 heteroatoms. The Morgan fingerprint density at radius 1 is 0.411 bits per heavy atom. The second kappa shape index (κ2) is 47.0. The molecule has 0 amide bonds. The molecule has 0 saturated heterocycles. The van der Waals surface area contributed by atoms with E-state index >= 15 is 0 Å². The average molecular weight is 783 g/mol. The van der Waals surface area contributed by atoms with Gasteiger partial charge in [-0.05, 0) is 83.5 Å². The molecule has 0 aromatic heterocycles. The van der Waals surface area contributed by atoms with Crippen molar-refractivity contribution in [3.05, 3.63) is 60.8 Å². The lowest BCUT2D eigenvalue weighted by molar-refractivity contribution is -0.163. The van der Waals surface area contributed by atoms with Crippen LogP contribution >= 0.6 is 0 Å². The monoisotopic (exact) mass is 783 g/mol. The molecule has 0 N–H and O–H groups in total. The summed E-state index contributed by atoms with van der Waals surface area (Å²) in [4.78, 5) is 25.2. The molecule has 0 aliphatic heterocycles. The van der Waals surface area contributed by atoms with Gasteiger partial charge in [0.15, 0.2) is 6.10 Å². The highest BCUT2D eigenvalue weighted by Crippen LogP contribution is 2.13. The van der Waals surface area contributed by atoms with Crippen molar-refractivity contribution in [2.75, 3.05) is 19.8 Å². The topological polar surface area (TPSA) is 61.8 Å². The lowest BCUT2D eigenvalue weighted by atomic mass is 10.1. The number of ether oxygens (including phenoxy) is 3. The molecular formula is C51H90O5. The van der Waals surface area contributed by atoms with Gasteiger partial charge in [-0.25, -0.2) is 0 Å². The molecule has 56 heavy (non-hydrogen) atoms. The van der Waals surface area contributed by atoms with E-state index in [9.17, 15) is 9.59 Å². The fourth-order valence-corrected chi connectivity index (χ4v) is 6.49. The summed E-state index contributed by atoms with van der Waals surface area (Å²) >= 11 is 0. The third kappa shape index (κ3) is 44.3. The van der Waals surface area contributed by atoms with Gasteiger partial charge in [0.1, 0.15) is 6.61 Å². The van der Waals surface area contributed by atoms with Gasteiger partial charge in [-0.3, -0.25) is 9.59 Å². The fourth-order valence-electron chi connectivity index (χ4n) is 6.49. The van der Waals surface area contributed by atoms with E-state index in [0.29, 0.717) is 19.4 Å². The zero-order chi connectivity index (χ0) is 40.7. The van der Waals surface area contributed by atoms with E-state index in [-0.39, 0.29) is 25.2 Å². The van der Waals surface area contributed by atoms with Crippen LogP contribution in [0.4, 0.5) is 0 Å². The van der Waals surface area contributed by atoms with E-state index in [0.717, 1.165) is 77.0 Å². The molecule has 0 spiro atoms. The van der Waals surface area contributed by atoms with Gasteiger partial charge in [-0.15, -0.1) is 0 Å². The molecule has 0 aromatic rings. The van der Waals surface area contributed by atoms with Crippen molar-refractivity contribution >= 4 is 11.9 Å². The zero-order valence-electron chi connectivity index (χ0n) is 37.1. The van der Waals surface area contributed by atoms with Crippen molar-refractivity contribution in [1.29, 1.82) is 0 Å². The van der Waals surface area contributed by atoms with Crippen LogP contribution in [-0.2, 0) is 23.8 Å². The Morgan fingerprint density at radius 3 is 1.32 bits per heavy atom. The van der Waals surface area contributed by atoms with Gasteiger partial charge in [0.25, 0.3) is 0 Å². The van der Waals surface area contributed by atoms with Crippen LogP contribution in [0, 0.1) is 0 Å². The predicted octanol–water partition coefficient (Wildman–Crippen LogP) is 15.8. The second-order valence-corrected chi connectivity index (χ2v) is 15.6. The van der Waals surface area contributed by atoms with Crippen LogP contribution in [0.5, 0.6) is 0 Å². The number of allylic oxidation sites excluding steroid dienone is 10. The number of unbranched alkanes of at least 4 members (excludes halogenated alkanes) is 22. The third-order valence-corrected chi connectivity index (χ3v) is 10.0. The number of carbonyl (C=O) groups excluding carboxylic acids is 2. The van der Waals surface area contributed by atoms with E-state index in [1.807, 2.05) is 0 Å². The summed E-state index contributed by atoms with van der Waals surface area (Å²) in [5.74, 6) is -0.419.